The molecule has 0 radical (unpaired) electrons. The van der Waals surface area contributed by atoms with E-state index >= 15 is 0 Å². The van der Waals surface area contributed by atoms with Crippen LogP contribution in [0.3, 0.4) is 0 Å². The molecule has 0 fully saturated rings. The summed E-state index contributed by atoms with van der Waals surface area (Å²) in [6.07, 6.45) is 3.70. The third kappa shape index (κ3) is 2.48. The molecule has 4 heteroatoms. The number of furan rings is 1. The van der Waals surface area contributed by atoms with E-state index in [4.69, 9.17) is 9.40 Å². The summed E-state index contributed by atoms with van der Waals surface area (Å²) in [6, 6.07) is 16.2. The highest BCUT2D eigenvalue weighted by atomic mass is 16.3. The number of fused-ring (bicyclic) bond motifs is 1. The van der Waals surface area contributed by atoms with Crippen LogP contribution in [0, 0.1) is 13.8 Å². The molecule has 0 saturated carbocycles. The number of hydrogen-bond donors (Lipinski definition) is 1. The van der Waals surface area contributed by atoms with Crippen LogP contribution in [0.1, 0.15) is 11.1 Å². The molecule has 3 aromatic heterocycles. The van der Waals surface area contributed by atoms with E-state index in [9.17, 15) is 0 Å². The number of nitrogens with one attached hydrogen (secondary N) is 1. The summed E-state index contributed by atoms with van der Waals surface area (Å²) in [5, 5.41) is 3.47. The Morgan fingerprint density at radius 3 is 2.57 bits per heavy atom. The summed E-state index contributed by atoms with van der Waals surface area (Å²) in [4.78, 5) is 4.74. The minimum absolute atomic E-state index is 0.751. The second kappa shape index (κ2) is 5.32. The van der Waals surface area contributed by atoms with Gasteiger partial charge in [0.15, 0.2) is 5.76 Å². The smallest absolute Gasteiger partial charge is 0.156 e. The molecule has 1 aromatic carbocycles. The molecular formula is C19H17N3O. The first-order chi connectivity index (χ1) is 11.2. The molecule has 0 amide bonds. The van der Waals surface area contributed by atoms with Crippen molar-refractivity contribution in [2.24, 2.45) is 0 Å². The van der Waals surface area contributed by atoms with Gasteiger partial charge in [0.05, 0.1) is 6.26 Å². The normalized spacial score (nSPS) is 11.0. The quantitative estimate of drug-likeness (QED) is 0.582. The van der Waals surface area contributed by atoms with Crippen LogP contribution in [0.2, 0.25) is 0 Å². The molecule has 0 atom stereocenters. The van der Waals surface area contributed by atoms with Crippen molar-refractivity contribution in [3.05, 3.63) is 72.1 Å². The van der Waals surface area contributed by atoms with Crippen molar-refractivity contribution in [3.8, 4) is 11.5 Å². The zero-order chi connectivity index (χ0) is 15.8. The van der Waals surface area contributed by atoms with Crippen molar-refractivity contribution < 1.29 is 4.42 Å². The predicted molar refractivity (Wildman–Crippen MR) is 92.1 cm³/mol. The van der Waals surface area contributed by atoms with E-state index in [1.54, 1.807) is 6.26 Å². The second-order valence-electron chi connectivity index (χ2n) is 5.71. The summed E-state index contributed by atoms with van der Waals surface area (Å²) in [5.41, 5.74) is 5.13. The average Bonchev–Trinajstić information content (AvgIpc) is 3.17. The fraction of sp³-hybridized carbons (Fsp3) is 0.105. The van der Waals surface area contributed by atoms with Gasteiger partial charge < -0.3 is 9.73 Å². The third-order valence-electron chi connectivity index (χ3n) is 3.85. The van der Waals surface area contributed by atoms with Gasteiger partial charge in [-0.05, 0) is 55.8 Å². The summed E-state index contributed by atoms with van der Waals surface area (Å²) < 4.78 is 7.61. The van der Waals surface area contributed by atoms with Crippen molar-refractivity contribution >= 4 is 17.2 Å². The Hall–Kier alpha value is -3.01. The molecule has 23 heavy (non-hydrogen) atoms. The Bertz CT molecular complexity index is 950. The lowest BCUT2D eigenvalue weighted by atomic mass is 10.2. The summed E-state index contributed by atoms with van der Waals surface area (Å²) >= 11 is 0. The van der Waals surface area contributed by atoms with Crippen molar-refractivity contribution in [2.45, 2.75) is 13.8 Å². The highest BCUT2D eigenvalue weighted by molar-refractivity contribution is 5.77. The standard InChI is InChI=1S/C19H17N3O/c1-13-5-7-15(8-6-13)20-19-18(16-4-3-11-23-16)21-17-12-14(2)9-10-22(17)19/h3-12,20H,1-2H3. The molecule has 3 heterocycles. The minimum atomic E-state index is 0.751. The molecule has 0 saturated heterocycles. The lowest BCUT2D eigenvalue weighted by Crippen LogP contribution is -1.96. The number of imidazole rings is 1. The van der Waals surface area contributed by atoms with E-state index in [1.807, 2.05) is 22.7 Å². The zero-order valence-corrected chi connectivity index (χ0v) is 13.1. The fourth-order valence-corrected chi connectivity index (χ4v) is 2.62. The van der Waals surface area contributed by atoms with Crippen LogP contribution in [-0.4, -0.2) is 9.38 Å². The number of anilines is 2. The molecule has 4 aromatic rings. The van der Waals surface area contributed by atoms with E-state index in [1.165, 1.54) is 11.1 Å². The van der Waals surface area contributed by atoms with Gasteiger partial charge in [0.2, 0.25) is 0 Å². The zero-order valence-electron chi connectivity index (χ0n) is 13.1. The van der Waals surface area contributed by atoms with Gasteiger partial charge in [-0.1, -0.05) is 17.7 Å². The highest BCUT2D eigenvalue weighted by Crippen LogP contribution is 2.31. The van der Waals surface area contributed by atoms with E-state index in [0.717, 1.165) is 28.6 Å². The lowest BCUT2D eigenvalue weighted by molar-refractivity contribution is 0.581. The van der Waals surface area contributed by atoms with E-state index < -0.39 is 0 Å². The molecule has 0 spiro atoms. The Balaban J connectivity index is 1.88. The maximum Gasteiger partial charge on any atom is 0.156 e. The average molecular weight is 303 g/mol. The van der Waals surface area contributed by atoms with Crippen LogP contribution >= 0.6 is 0 Å². The molecule has 4 nitrogen and oxygen atoms in total. The number of hydrogen-bond acceptors (Lipinski definition) is 3. The van der Waals surface area contributed by atoms with Crippen LogP contribution in [0.5, 0.6) is 0 Å². The highest BCUT2D eigenvalue weighted by Gasteiger charge is 2.16. The van der Waals surface area contributed by atoms with Gasteiger partial charge in [0.25, 0.3) is 0 Å². The Morgan fingerprint density at radius 2 is 1.83 bits per heavy atom. The molecule has 1 N–H and O–H groups in total. The SMILES string of the molecule is Cc1ccc(Nc2c(-c3ccco3)nc3cc(C)ccn23)cc1. The Labute approximate surface area is 134 Å². The van der Waals surface area contributed by atoms with E-state index in [2.05, 4.69) is 55.6 Å². The van der Waals surface area contributed by atoms with Crippen molar-refractivity contribution in [2.75, 3.05) is 5.32 Å². The first kappa shape index (κ1) is 13.6. The van der Waals surface area contributed by atoms with Gasteiger partial charge in [0.1, 0.15) is 17.2 Å². The topological polar surface area (TPSA) is 42.5 Å². The Kier molecular flexibility index (Phi) is 3.15. The maximum absolute atomic E-state index is 5.56. The van der Waals surface area contributed by atoms with Crippen molar-refractivity contribution in [1.29, 1.82) is 0 Å². The van der Waals surface area contributed by atoms with Crippen molar-refractivity contribution in [1.82, 2.24) is 9.38 Å². The molecule has 0 aliphatic heterocycles. The summed E-state index contributed by atoms with van der Waals surface area (Å²) in [5.74, 6) is 1.65. The molecule has 0 bridgehead atoms. The summed E-state index contributed by atoms with van der Waals surface area (Å²) in [7, 11) is 0. The van der Waals surface area contributed by atoms with Gasteiger partial charge in [-0.25, -0.2) is 4.98 Å². The third-order valence-corrected chi connectivity index (χ3v) is 3.85. The largest absolute Gasteiger partial charge is 0.463 e. The van der Waals surface area contributed by atoms with Gasteiger partial charge >= 0.3 is 0 Å². The number of pyridine rings is 1. The van der Waals surface area contributed by atoms with Gasteiger partial charge in [-0.2, -0.15) is 0 Å². The van der Waals surface area contributed by atoms with E-state index in [-0.39, 0.29) is 0 Å². The molecule has 0 unspecified atom stereocenters. The van der Waals surface area contributed by atoms with Crippen LogP contribution in [-0.2, 0) is 0 Å². The number of nitrogens with zero attached hydrogens (tertiary/aromatic N) is 2. The Morgan fingerprint density at radius 1 is 1.00 bits per heavy atom. The maximum atomic E-state index is 5.56. The van der Waals surface area contributed by atoms with Crippen molar-refractivity contribution in [3.63, 3.8) is 0 Å². The second-order valence-corrected chi connectivity index (χ2v) is 5.71. The van der Waals surface area contributed by atoms with E-state index in [0.29, 0.717) is 0 Å². The number of benzene rings is 1. The monoisotopic (exact) mass is 303 g/mol. The first-order valence-corrected chi connectivity index (χ1v) is 7.57. The summed E-state index contributed by atoms with van der Waals surface area (Å²) in [6.45, 7) is 4.14. The number of rotatable bonds is 3. The van der Waals surface area contributed by atoms with Gasteiger partial charge in [-0.15, -0.1) is 0 Å². The molecular weight excluding hydrogens is 286 g/mol. The number of aromatic nitrogens is 2. The van der Waals surface area contributed by atoms with Crippen LogP contribution in [0.4, 0.5) is 11.5 Å². The molecule has 0 aliphatic rings. The lowest BCUT2D eigenvalue weighted by Gasteiger charge is -2.08. The predicted octanol–water partition coefficient (Wildman–Crippen LogP) is 4.95. The van der Waals surface area contributed by atoms with Gasteiger partial charge in [-0.3, -0.25) is 4.40 Å². The molecule has 4 rings (SSSR count). The van der Waals surface area contributed by atoms with Gasteiger partial charge in [0, 0.05) is 11.9 Å². The molecule has 0 aliphatic carbocycles. The molecule has 114 valence electrons. The van der Waals surface area contributed by atoms with Crippen LogP contribution in [0.25, 0.3) is 17.1 Å². The van der Waals surface area contributed by atoms with Crippen LogP contribution in [0.15, 0.2) is 65.4 Å². The fourth-order valence-electron chi connectivity index (χ4n) is 2.62. The van der Waals surface area contributed by atoms with Crippen LogP contribution < -0.4 is 5.32 Å². The number of aryl methyl sites for hydroxylation is 2. The minimum Gasteiger partial charge on any atom is -0.463 e. The first-order valence-electron chi connectivity index (χ1n) is 7.57.